The minimum atomic E-state index is 0.232. The lowest BCUT2D eigenvalue weighted by molar-refractivity contribution is 0.533. The van der Waals surface area contributed by atoms with Gasteiger partial charge in [0.05, 0.1) is 23.0 Å². The lowest BCUT2D eigenvalue weighted by Crippen LogP contribution is -2.24. The van der Waals surface area contributed by atoms with Gasteiger partial charge in [0.25, 0.3) is 0 Å². The van der Waals surface area contributed by atoms with Crippen molar-refractivity contribution in [1.29, 1.82) is 0 Å². The number of nitrogens with zero attached hydrogens (tertiary/aromatic N) is 4. The lowest BCUT2D eigenvalue weighted by atomic mass is 10.1. The lowest BCUT2D eigenvalue weighted by Gasteiger charge is -2.18. The molecule has 0 aliphatic carbocycles. The third kappa shape index (κ3) is 3.19. The van der Waals surface area contributed by atoms with Crippen molar-refractivity contribution in [2.75, 3.05) is 6.54 Å². The summed E-state index contributed by atoms with van der Waals surface area (Å²) in [5.74, 6) is 0. The van der Waals surface area contributed by atoms with Gasteiger partial charge in [-0.05, 0) is 36.8 Å². The van der Waals surface area contributed by atoms with E-state index in [1.165, 1.54) is 11.1 Å². The maximum Gasteiger partial charge on any atom is 0.0958 e. The first-order valence-electron chi connectivity index (χ1n) is 8.55. The van der Waals surface area contributed by atoms with Crippen LogP contribution in [0.5, 0.6) is 0 Å². The second-order valence-electron chi connectivity index (χ2n) is 6.11. The molecule has 4 rings (SSSR count). The van der Waals surface area contributed by atoms with Crippen molar-refractivity contribution in [2.24, 2.45) is 0 Å². The summed E-state index contributed by atoms with van der Waals surface area (Å²) in [5, 5.41) is 7.98. The first kappa shape index (κ1) is 15.6. The number of hydrogen-bond donors (Lipinski definition) is 1. The van der Waals surface area contributed by atoms with Crippen LogP contribution in [0.1, 0.15) is 18.5 Å². The normalized spacial score (nSPS) is 12.5. The van der Waals surface area contributed by atoms with E-state index >= 15 is 0 Å². The van der Waals surface area contributed by atoms with Crippen molar-refractivity contribution in [3.63, 3.8) is 0 Å². The predicted octanol–water partition coefficient (Wildman–Crippen LogP) is 3.57. The van der Waals surface area contributed by atoms with Gasteiger partial charge in [0, 0.05) is 31.5 Å². The standard InChI is InChI=1S/C20H21N5/c1-16(17-7-2-4-9-19(17)25-13-6-11-23-25)21-12-14-24-15-22-18-8-3-5-10-20(18)24/h2-11,13,15-16,21H,12,14H2,1H3/t16-/m1/s1. The van der Waals surface area contributed by atoms with Crippen LogP contribution >= 0.6 is 0 Å². The molecule has 126 valence electrons. The molecule has 0 aliphatic rings. The summed E-state index contributed by atoms with van der Waals surface area (Å²) in [7, 11) is 0. The highest BCUT2D eigenvalue weighted by molar-refractivity contribution is 5.74. The summed E-state index contributed by atoms with van der Waals surface area (Å²) in [4.78, 5) is 4.45. The number of hydrogen-bond acceptors (Lipinski definition) is 3. The summed E-state index contributed by atoms with van der Waals surface area (Å²) in [6, 6.07) is 18.8. The maximum atomic E-state index is 4.45. The van der Waals surface area contributed by atoms with E-state index in [4.69, 9.17) is 0 Å². The van der Waals surface area contributed by atoms with E-state index in [0.717, 1.165) is 24.3 Å². The number of imidazole rings is 1. The zero-order valence-electron chi connectivity index (χ0n) is 14.2. The van der Waals surface area contributed by atoms with Gasteiger partial charge in [-0.15, -0.1) is 0 Å². The molecule has 25 heavy (non-hydrogen) atoms. The molecule has 0 radical (unpaired) electrons. The van der Waals surface area contributed by atoms with Crippen LogP contribution in [-0.4, -0.2) is 25.9 Å². The predicted molar refractivity (Wildman–Crippen MR) is 99.7 cm³/mol. The first-order valence-corrected chi connectivity index (χ1v) is 8.55. The monoisotopic (exact) mass is 331 g/mol. The molecule has 2 heterocycles. The van der Waals surface area contributed by atoms with E-state index in [-0.39, 0.29) is 6.04 Å². The van der Waals surface area contributed by atoms with Crippen LogP contribution in [0.3, 0.4) is 0 Å². The number of fused-ring (bicyclic) bond motifs is 1. The average Bonchev–Trinajstić information content (AvgIpc) is 3.32. The van der Waals surface area contributed by atoms with Crippen molar-refractivity contribution in [1.82, 2.24) is 24.6 Å². The third-order valence-corrected chi connectivity index (χ3v) is 4.49. The zero-order valence-corrected chi connectivity index (χ0v) is 14.2. The largest absolute Gasteiger partial charge is 0.329 e. The molecule has 0 unspecified atom stereocenters. The Labute approximate surface area is 146 Å². The summed E-state index contributed by atoms with van der Waals surface area (Å²) in [6.45, 7) is 3.94. The zero-order chi connectivity index (χ0) is 17.1. The Morgan fingerprint density at radius 2 is 1.88 bits per heavy atom. The summed E-state index contributed by atoms with van der Waals surface area (Å²) in [6.07, 6.45) is 5.69. The second-order valence-corrected chi connectivity index (χ2v) is 6.11. The molecular weight excluding hydrogens is 310 g/mol. The molecule has 1 atom stereocenters. The van der Waals surface area contributed by atoms with E-state index < -0.39 is 0 Å². The van der Waals surface area contributed by atoms with Gasteiger partial charge in [-0.3, -0.25) is 0 Å². The molecule has 2 aromatic heterocycles. The van der Waals surface area contributed by atoms with Gasteiger partial charge in [0.2, 0.25) is 0 Å². The molecule has 2 aromatic carbocycles. The Bertz CT molecular complexity index is 955. The molecule has 5 nitrogen and oxygen atoms in total. The molecule has 0 aliphatic heterocycles. The minimum absolute atomic E-state index is 0.232. The maximum absolute atomic E-state index is 4.45. The molecule has 0 amide bonds. The van der Waals surface area contributed by atoms with E-state index in [9.17, 15) is 0 Å². The van der Waals surface area contributed by atoms with Crippen LogP contribution in [0.4, 0.5) is 0 Å². The van der Waals surface area contributed by atoms with Gasteiger partial charge in [0.1, 0.15) is 0 Å². The van der Waals surface area contributed by atoms with Crippen LogP contribution < -0.4 is 5.32 Å². The number of benzene rings is 2. The van der Waals surface area contributed by atoms with Crippen LogP contribution in [0.2, 0.25) is 0 Å². The Morgan fingerprint density at radius 1 is 1.04 bits per heavy atom. The van der Waals surface area contributed by atoms with Crippen LogP contribution in [0.25, 0.3) is 16.7 Å². The fourth-order valence-electron chi connectivity index (χ4n) is 3.17. The van der Waals surface area contributed by atoms with E-state index in [1.807, 2.05) is 41.5 Å². The van der Waals surface area contributed by atoms with Crippen molar-refractivity contribution >= 4 is 11.0 Å². The summed E-state index contributed by atoms with van der Waals surface area (Å²) < 4.78 is 4.10. The number of rotatable bonds is 6. The summed E-state index contributed by atoms with van der Waals surface area (Å²) in [5.41, 5.74) is 4.57. The van der Waals surface area contributed by atoms with Crippen LogP contribution in [-0.2, 0) is 6.54 Å². The molecular formula is C20H21N5. The minimum Gasteiger partial charge on any atom is -0.329 e. The van der Waals surface area contributed by atoms with Crippen LogP contribution in [0, 0.1) is 0 Å². The fraction of sp³-hybridized carbons (Fsp3) is 0.200. The smallest absolute Gasteiger partial charge is 0.0958 e. The van der Waals surface area contributed by atoms with Crippen molar-refractivity contribution < 1.29 is 0 Å². The highest BCUT2D eigenvalue weighted by Gasteiger charge is 2.11. The van der Waals surface area contributed by atoms with Crippen molar-refractivity contribution in [2.45, 2.75) is 19.5 Å². The molecule has 5 heteroatoms. The Balaban J connectivity index is 1.45. The Morgan fingerprint density at radius 3 is 2.76 bits per heavy atom. The van der Waals surface area contributed by atoms with E-state index in [0.29, 0.717) is 0 Å². The highest BCUT2D eigenvalue weighted by atomic mass is 15.3. The molecule has 4 aromatic rings. The van der Waals surface area contributed by atoms with Gasteiger partial charge in [0.15, 0.2) is 0 Å². The molecule has 0 spiro atoms. The Hall–Kier alpha value is -2.92. The average molecular weight is 331 g/mol. The number of nitrogens with one attached hydrogen (secondary N) is 1. The quantitative estimate of drug-likeness (QED) is 0.587. The molecule has 0 saturated heterocycles. The molecule has 0 fully saturated rings. The SMILES string of the molecule is C[C@@H](NCCn1cnc2ccccc21)c1ccccc1-n1cccn1. The van der Waals surface area contributed by atoms with Gasteiger partial charge >= 0.3 is 0 Å². The van der Waals surface area contributed by atoms with Gasteiger partial charge in [-0.25, -0.2) is 9.67 Å². The summed E-state index contributed by atoms with van der Waals surface area (Å²) >= 11 is 0. The first-order chi connectivity index (χ1) is 12.3. The van der Waals surface area contributed by atoms with E-state index in [1.54, 1.807) is 6.20 Å². The number of para-hydroxylation sites is 3. The topological polar surface area (TPSA) is 47.7 Å². The van der Waals surface area contributed by atoms with Crippen LogP contribution in [0.15, 0.2) is 73.3 Å². The van der Waals surface area contributed by atoms with Crippen molar-refractivity contribution in [3.8, 4) is 5.69 Å². The van der Waals surface area contributed by atoms with Gasteiger partial charge < -0.3 is 9.88 Å². The van der Waals surface area contributed by atoms with Crippen molar-refractivity contribution in [3.05, 3.63) is 78.9 Å². The Kier molecular flexibility index (Phi) is 4.31. The van der Waals surface area contributed by atoms with E-state index in [2.05, 4.69) is 57.2 Å². The fourth-order valence-corrected chi connectivity index (χ4v) is 3.17. The van der Waals surface area contributed by atoms with Gasteiger partial charge in [-0.2, -0.15) is 5.10 Å². The molecule has 0 saturated carbocycles. The molecule has 0 bridgehead atoms. The second kappa shape index (κ2) is 6.91. The third-order valence-electron chi connectivity index (χ3n) is 4.49. The molecule has 1 N–H and O–H groups in total. The highest BCUT2D eigenvalue weighted by Crippen LogP contribution is 2.21. The van der Waals surface area contributed by atoms with Gasteiger partial charge in [-0.1, -0.05) is 30.3 Å². The number of aromatic nitrogens is 4.